The van der Waals surface area contributed by atoms with Gasteiger partial charge >= 0.3 is 0 Å². The van der Waals surface area contributed by atoms with E-state index in [0.29, 0.717) is 5.75 Å². The minimum Gasteiger partial charge on any atom is -0.495 e. The molecule has 0 aliphatic heterocycles. The summed E-state index contributed by atoms with van der Waals surface area (Å²) in [7, 11) is 1.58. The Morgan fingerprint density at radius 1 is 1.33 bits per heavy atom. The lowest BCUT2D eigenvalue weighted by Gasteiger charge is -2.08. The second kappa shape index (κ2) is 6.87. The molecule has 0 spiro atoms. The lowest BCUT2D eigenvalue weighted by molar-refractivity contribution is -0.114. The molecule has 0 fully saturated rings. The van der Waals surface area contributed by atoms with Gasteiger partial charge in [-0.25, -0.2) is 0 Å². The second-order valence-corrected chi connectivity index (χ2v) is 2.88. The molecule has 1 amide bonds. The summed E-state index contributed by atoms with van der Waals surface area (Å²) < 4.78 is 5.09. The van der Waals surface area contributed by atoms with Gasteiger partial charge in [-0.15, -0.1) is 0 Å². The average Bonchev–Trinajstić information content (AvgIpc) is 2.20. The first-order valence-corrected chi connectivity index (χ1v) is 5.05. The van der Waals surface area contributed by atoms with Crippen molar-refractivity contribution in [1.82, 2.24) is 0 Å². The molecule has 1 N–H and O–H groups in total. The highest BCUT2D eigenvalue weighted by Gasteiger charge is 2.03. The Morgan fingerprint density at radius 3 is 2.40 bits per heavy atom. The lowest BCUT2D eigenvalue weighted by Crippen LogP contribution is -2.07. The molecule has 3 nitrogen and oxygen atoms in total. The molecule has 0 aromatic heterocycles. The summed E-state index contributed by atoms with van der Waals surface area (Å²) in [6, 6.07) is 5.64. The molecule has 0 unspecified atom stereocenters. The summed E-state index contributed by atoms with van der Waals surface area (Å²) in [6.07, 6.45) is 0. The molecule has 0 atom stereocenters. The SMILES string of the molecule is CC.COc1ccc(C)cc1NC(C)=O. The van der Waals surface area contributed by atoms with E-state index < -0.39 is 0 Å². The molecule has 0 saturated carbocycles. The highest BCUT2D eigenvalue weighted by molar-refractivity contribution is 5.90. The van der Waals surface area contributed by atoms with Crippen molar-refractivity contribution in [2.75, 3.05) is 12.4 Å². The number of benzene rings is 1. The predicted molar refractivity (Wildman–Crippen MR) is 63.4 cm³/mol. The maximum absolute atomic E-state index is 10.8. The molecule has 0 aliphatic carbocycles. The summed E-state index contributed by atoms with van der Waals surface area (Å²) in [4.78, 5) is 10.8. The van der Waals surface area contributed by atoms with E-state index in [9.17, 15) is 4.79 Å². The van der Waals surface area contributed by atoms with Crippen molar-refractivity contribution in [1.29, 1.82) is 0 Å². The summed E-state index contributed by atoms with van der Waals surface area (Å²) in [5, 5.41) is 2.70. The van der Waals surface area contributed by atoms with Gasteiger partial charge in [-0.3, -0.25) is 4.79 Å². The van der Waals surface area contributed by atoms with Crippen LogP contribution in [-0.2, 0) is 4.79 Å². The van der Waals surface area contributed by atoms with Crippen molar-refractivity contribution in [3.8, 4) is 5.75 Å². The number of ether oxygens (including phenoxy) is 1. The van der Waals surface area contributed by atoms with Crippen LogP contribution < -0.4 is 10.1 Å². The van der Waals surface area contributed by atoms with Crippen LogP contribution in [0.3, 0.4) is 0 Å². The number of aryl methyl sites for hydroxylation is 1. The Kier molecular flexibility index (Phi) is 6.18. The van der Waals surface area contributed by atoms with Gasteiger partial charge in [0, 0.05) is 6.92 Å². The maximum atomic E-state index is 10.8. The molecule has 0 bridgehead atoms. The molecule has 0 aliphatic rings. The lowest BCUT2D eigenvalue weighted by atomic mass is 10.2. The number of carbonyl (C=O) groups excluding carboxylic acids is 1. The van der Waals surface area contributed by atoms with Gasteiger partial charge in [0.15, 0.2) is 0 Å². The van der Waals surface area contributed by atoms with E-state index in [4.69, 9.17) is 4.74 Å². The van der Waals surface area contributed by atoms with Crippen molar-refractivity contribution in [3.63, 3.8) is 0 Å². The third-order valence-corrected chi connectivity index (χ3v) is 1.67. The van der Waals surface area contributed by atoms with E-state index in [1.807, 2.05) is 39.0 Å². The summed E-state index contributed by atoms with van der Waals surface area (Å²) in [5.41, 5.74) is 1.81. The molecular formula is C12H19NO2. The van der Waals surface area contributed by atoms with Crippen molar-refractivity contribution in [3.05, 3.63) is 23.8 Å². The molecule has 0 radical (unpaired) electrons. The molecular weight excluding hydrogens is 190 g/mol. The molecule has 1 rings (SSSR count). The molecule has 0 saturated heterocycles. The number of nitrogens with one attached hydrogen (secondary N) is 1. The van der Waals surface area contributed by atoms with Crippen LogP contribution in [0, 0.1) is 6.92 Å². The number of hydrogen-bond acceptors (Lipinski definition) is 2. The van der Waals surface area contributed by atoms with E-state index in [2.05, 4.69) is 5.32 Å². The average molecular weight is 209 g/mol. The van der Waals surface area contributed by atoms with Crippen LogP contribution in [0.5, 0.6) is 5.75 Å². The third kappa shape index (κ3) is 4.49. The zero-order valence-electron chi connectivity index (χ0n) is 10.0. The Labute approximate surface area is 91.5 Å². The van der Waals surface area contributed by atoms with Gasteiger partial charge in [0.2, 0.25) is 5.91 Å². The Bertz CT molecular complexity index is 321. The fourth-order valence-corrected chi connectivity index (χ4v) is 1.11. The quantitative estimate of drug-likeness (QED) is 0.813. The third-order valence-electron chi connectivity index (χ3n) is 1.67. The number of hydrogen-bond donors (Lipinski definition) is 1. The highest BCUT2D eigenvalue weighted by atomic mass is 16.5. The van der Waals surface area contributed by atoms with Crippen LogP contribution >= 0.6 is 0 Å². The first-order valence-electron chi connectivity index (χ1n) is 5.05. The van der Waals surface area contributed by atoms with Gasteiger partial charge in [-0.05, 0) is 24.6 Å². The molecule has 84 valence electrons. The van der Waals surface area contributed by atoms with Gasteiger partial charge in [0.05, 0.1) is 12.8 Å². The van der Waals surface area contributed by atoms with Crippen LogP contribution in [0.25, 0.3) is 0 Å². The first-order chi connectivity index (χ1) is 7.13. The highest BCUT2D eigenvalue weighted by Crippen LogP contribution is 2.24. The minimum atomic E-state index is -0.0936. The normalized spacial score (nSPS) is 8.60. The van der Waals surface area contributed by atoms with Crippen LogP contribution in [0.15, 0.2) is 18.2 Å². The van der Waals surface area contributed by atoms with E-state index in [-0.39, 0.29) is 5.91 Å². The number of carbonyl (C=O) groups is 1. The first kappa shape index (κ1) is 13.5. The van der Waals surface area contributed by atoms with Crippen LogP contribution in [0.4, 0.5) is 5.69 Å². The van der Waals surface area contributed by atoms with Crippen LogP contribution in [0.2, 0.25) is 0 Å². The maximum Gasteiger partial charge on any atom is 0.221 e. The number of amides is 1. The Balaban J connectivity index is 0.000000921. The summed E-state index contributed by atoms with van der Waals surface area (Å²) >= 11 is 0. The van der Waals surface area contributed by atoms with Gasteiger partial charge in [0.25, 0.3) is 0 Å². The Morgan fingerprint density at radius 2 is 1.93 bits per heavy atom. The van der Waals surface area contributed by atoms with E-state index >= 15 is 0 Å². The van der Waals surface area contributed by atoms with Crippen LogP contribution in [0.1, 0.15) is 26.3 Å². The number of anilines is 1. The monoisotopic (exact) mass is 209 g/mol. The second-order valence-electron chi connectivity index (χ2n) is 2.88. The van der Waals surface area contributed by atoms with E-state index in [1.54, 1.807) is 7.11 Å². The van der Waals surface area contributed by atoms with Gasteiger partial charge in [-0.2, -0.15) is 0 Å². The molecule has 0 heterocycles. The predicted octanol–water partition coefficient (Wildman–Crippen LogP) is 2.99. The van der Waals surface area contributed by atoms with Crippen molar-refractivity contribution >= 4 is 11.6 Å². The van der Waals surface area contributed by atoms with Gasteiger partial charge < -0.3 is 10.1 Å². The minimum absolute atomic E-state index is 0.0936. The molecule has 1 aromatic carbocycles. The van der Waals surface area contributed by atoms with Gasteiger partial charge in [-0.1, -0.05) is 19.9 Å². The topological polar surface area (TPSA) is 38.3 Å². The number of methoxy groups -OCH3 is 1. The molecule has 1 aromatic rings. The van der Waals surface area contributed by atoms with Gasteiger partial charge in [0.1, 0.15) is 5.75 Å². The fraction of sp³-hybridized carbons (Fsp3) is 0.417. The zero-order valence-corrected chi connectivity index (χ0v) is 10.0. The largest absolute Gasteiger partial charge is 0.495 e. The molecule has 3 heteroatoms. The van der Waals surface area contributed by atoms with Crippen molar-refractivity contribution in [2.24, 2.45) is 0 Å². The number of rotatable bonds is 2. The molecule has 15 heavy (non-hydrogen) atoms. The van der Waals surface area contributed by atoms with E-state index in [1.165, 1.54) is 6.92 Å². The summed E-state index contributed by atoms with van der Waals surface area (Å²) in [6.45, 7) is 7.44. The Hall–Kier alpha value is -1.51. The van der Waals surface area contributed by atoms with E-state index in [0.717, 1.165) is 11.3 Å². The van der Waals surface area contributed by atoms with Crippen LogP contribution in [-0.4, -0.2) is 13.0 Å². The van der Waals surface area contributed by atoms with Crippen molar-refractivity contribution < 1.29 is 9.53 Å². The van der Waals surface area contributed by atoms with Crippen molar-refractivity contribution in [2.45, 2.75) is 27.7 Å². The standard InChI is InChI=1S/C10H13NO2.C2H6/c1-7-4-5-10(13-3)9(6-7)11-8(2)12;1-2/h4-6H,1-3H3,(H,11,12);1-2H3. The summed E-state index contributed by atoms with van der Waals surface area (Å²) in [5.74, 6) is 0.588. The fourth-order valence-electron chi connectivity index (χ4n) is 1.11. The smallest absolute Gasteiger partial charge is 0.221 e. The zero-order chi connectivity index (χ0) is 11.8.